The van der Waals surface area contributed by atoms with Crippen molar-refractivity contribution in [3.05, 3.63) is 0 Å². The van der Waals surface area contributed by atoms with Gasteiger partial charge in [-0.15, -0.1) is 23.2 Å². The molecular formula is C3H5Br2Cl2O4P. The summed E-state index contributed by atoms with van der Waals surface area (Å²) in [4.78, 5) is 16.6. The van der Waals surface area contributed by atoms with E-state index in [-0.39, 0.29) is 0 Å². The molecule has 0 amide bonds. The standard InChI is InChI=1S/C3H5Br2Cl2O4P/c4-2(6)3(5,7)1-11-12(8,9)10/h2H,1H2,(H2,8,9,10). The highest BCUT2D eigenvalue weighted by atomic mass is 79.9. The number of alkyl halides is 4. The van der Waals surface area contributed by atoms with Gasteiger partial charge < -0.3 is 9.79 Å². The Morgan fingerprint density at radius 2 is 2.08 bits per heavy atom. The third-order valence-electron chi connectivity index (χ3n) is 0.744. The Morgan fingerprint density at radius 3 is 2.33 bits per heavy atom. The summed E-state index contributed by atoms with van der Waals surface area (Å²) in [5.41, 5.74) is 0. The topological polar surface area (TPSA) is 66.8 Å². The van der Waals surface area contributed by atoms with Crippen molar-refractivity contribution in [2.45, 2.75) is 8.07 Å². The summed E-state index contributed by atoms with van der Waals surface area (Å²) in [6.45, 7) is -0.418. The smallest absolute Gasteiger partial charge is 0.303 e. The monoisotopic (exact) mass is 364 g/mol. The molecule has 0 radical (unpaired) electrons. The third kappa shape index (κ3) is 6.16. The Balaban J connectivity index is 4.01. The van der Waals surface area contributed by atoms with Gasteiger partial charge in [0.05, 0.1) is 6.61 Å². The molecule has 0 fully saturated rings. The van der Waals surface area contributed by atoms with Crippen LogP contribution in [0.4, 0.5) is 0 Å². The average molecular weight is 367 g/mol. The van der Waals surface area contributed by atoms with Gasteiger partial charge in [-0.25, -0.2) is 4.57 Å². The van der Waals surface area contributed by atoms with E-state index in [1.165, 1.54) is 0 Å². The zero-order valence-electron chi connectivity index (χ0n) is 5.45. The summed E-state index contributed by atoms with van der Waals surface area (Å²) in [6, 6.07) is 0. The maximum atomic E-state index is 10.2. The second kappa shape index (κ2) is 4.94. The number of halogens is 4. The lowest BCUT2D eigenvalue weighted by atomic mass is 10.5. The van der Waals surface area contributed by atoms with Crippen molar-refractivity contribution in [3.63, 3.8) is 0 Å². The van der Waals surface area contributed by atoms with Crippen LogP contribution in [0.2, 0.25) is 0 Å². The first-order chi connectivity index (χ1) is 5.15. The number of phosphoric acid groups is 1. The molecule has 0 bridgehead atoms. The van der Waals surface area contributed by atoms with E-state index in [4.69, 9.17) is 33.0 Å². The van der Waals surface area contributed by atoms with Crippen LogP contribution < -0.4 is 0 Å². The number of hydrogen-bond acceptors (Lipinski definition) is 2. The van der Waals surface area contributed by atoms with Gasteiger partial charge in [0.1, 0.15) is 8.07 Å². The predicted octanol–water partition coefficient (Wildman–Crippen LogP) is 2.39. The normalized spacial score (nSPS) is 20.2. The fourth-order valence-electron chi connectivity index (χ4n) is 0.233. The van der Waals surface area contributed by atoms with Crippen LogP contribution in [0.5, 0.6) is 0 Å². The molecule has 0 saturated heterocycles. The second-order valence-electron chi connectivity index (χ2n) is 1.83. The first kappa shape index (κ1) is 13.7. The van der Waals surface area contributed by atoms with Gasteiger partial charge in [-0.1, -0.05) is 31.9 Å². The van der Waals surface area contributed by atoms with Crippen LogP contribution in [0.3, 0.4) is 0 Å². The van der Waals surface area contributed by atoms with Crippen molar-refractivity contribution in [1.29, 1.82) is 0 Å². The largest absolute Gasteiger partial charge is 0.469 e. The highest BCUT2D eigenvalue weighted by Crippen LogP contribution is 2.42. The first-order valence-electron chi connectivity index (χ1n) is 2.51. The summed E-state index contributed by atoms with van der Waals surface area (Å²) in [7, 11) is -4.50. The van der Waals surface area contributed by atoms with Crippen LogP contribution in [-0.2, 0) is 9.09 Å². The molecule has 0 saturated carbocycles. The van der Waals surface area contributed by atoms with Crippen LogP contribution >= 0.6 is 62.9 Å². The number of hydrogen-bond donors (Lipinski definition) is 2. The second-order valence-corrected chi connectivity index (χ2v) is 7.49. The molecule has 0 spiro atoms. The molecule has 0 aliphatic rings. The SMILES string of the molecule is O=P(O)(O)OCC(Cl)(Br)C(Cl)Br. The van der Waals surface area contributed by atoms with Crippen molar-refractivity contribution < 1.29 is 18.9 Å². The molecular weight excluding hydrogens is 362 g/mol. The van der Waals surface area contributed by atoms with Crippen molar-refractivity contribution in [2.75, 3.05) is 6.61 Å². The maximum absolute atomic E-state index is 10.2. The molecule has 12 heavy (non-hydrogen) atoms. The fourth-order valence-corrected chi connectivity index (χ4v) is 1.22. The van der Waals surface area contributed by atoms with Gasteiger partial charge >= 0.3 is 7.82 Å². The van der Waals surface area contributed by atoms with E-state index >= 15 is 0 Å². The van der Waals surface area contributed by atoms with Crippen LogP contribution in [0.15, 0.2) is 0 Å². The van der Waals surface area contributed by atoms with Gasteiger partial charge in [0.15, 0.2) is 0 Å². The summed E-state index contributed by atoms with van der Waals surface area (Å²) < 4.78 is 12.4. The van der Waals surface area contributed by atoms with Crippen molar-refractivity contribution in [2.24, 2.45) is 0 Å². The summed E-state index contributed by atoms with van der Waals surface area (Å²) >= 11 is 17.0. The zero-order chi connectivity index (χ0) is 9.99. The van der Waals surface area contributed by atoms with Gasteiger partial charge in [-0.2, -0.15) is 0 Å². The Bertz CT molecular complexity index is 193. The molecule has 74 valence electrons. The average Bonchev–Trinajstić information content (AvgIpc) is 1.82. The number of rotatable bonds is 4. The van der Waals surface area contributed by atoms with Crippen LogP contribution in [0.25, 0.3) is 0 Å². The van der Waals surface area contributed by atoms with Crippen molar-refractivity contribution in [1.82, 2.24) is 0 Å². The Labute approximate surface area is 96.1 Å². The van der Waals surface area contributed by atoms with Gasteiger partial charge in [-0.05, 0) is 0 Å². The lowest BCUT2D eigenvalue weighted by molar-refractivity contribution is 0.195. The van der Waals surface area contributed by atoms with Crippen LogP contribution in [-0.4, -0.2) is 24.5 Å². The van der Waals surface area contributed by atoms with Gasteiger partial charge in [-0.3, -0.25) is 4.52 Å². The van der Waals surface area contributed by atoms with E-state index in [1.54, 1.807) is 0 Å². The lowest BCUT2D eigenvalue weighted by Gasteiger charge is -2.20. The quantitative estimate of drug-likeness (QED) is 0.592. The molecule has 0 heterocycles. The van der Waals surface area contributed by atoms with Crippen LogP contribution in [0, 0.1) is 0 Å². The molecule has 2 unspecified atom stereocenters. The van der Waals surface area contributed by atoms with E-state index in [9.17, 15) is 4.57 Å². The highest BCUT2D eigenvalue weighted by Gasteiger charge is 2.34. The van der Waals surface area contributed by atoms with Gasteiger partial charge in [0, 0.05) is 0 Å². The molecule has 0 rings (SSSR count). The molecule has 0 aromatic carbocycles. The molecule has 0 aromatic rings. The van der Waals surface area contributed by atoms with E-state index in [0.717, 1.165) is 0 Å². The molecule has 0 aliphatic heterocycles. The predicted molar refractivity (Wildman–Crippen MR) is 54.1 cm³/mol. The molecule has 2 atom stereocenters. The minimum atomic E-state index is -4.50. The molecule has 2 N–H and O–H groups in total. The van der Waals surface area contributed by atoms with E-state index in [0.29, 0.717) is 0 Å². The lowest BCUT2D eigenvalue weighted by Crippen LogP contribution is -2.26. The fraction of sp³-hybridized carbons (Fsp3) is 1.00. The Kier molecular flexibility index (Phi) is 5.61. The molecule has 9 heteroatoms. The third-order valence-corrected chi connectivity index (χ3v) is 4.63. The minimum absolute atomic E-state index is 0.418. The molecule has 0 aromatic heterocycles. The van der Waals surface area contributed by atoms with Crippen molar-refractivity contribution >= 4 is 62.9 Å². The van der Waals surface area contributed by atoms with E-state index in [1.807, 2.05) is 0 Å². The van der Waals surface area contributed by atoms with Crippen molar-refractivity contribution in [3.8, 4) is 0 Å². The zero-order valence-corrected chi connectivity index (χ0v) is 11.0. The first-order valence-corrected chi connectivity index (χ1v) is 6.56. The van der Waals surface area contributed by atoms with Gasteiger partial charge in [0.2, 0.25) is 0 Å². The Hall–Kier alpha value is 1.65. The van der Waals surface area contributed by atoms with Gasteiger partial charge in [0.25, 0.3) is 0 Å². The maximum Gasteiger partial charge on any atom is 0.469 e. The molecule has 4 nitrogen and oxygen atoms in total. The number of phosphoric ester groups is 1. The molecule has 0 aliphatic carbocycles. The summed E-state index contributed by atoms with van der Waals surface area (Å²) in [6.07, 6.45) is 0. The van der Waals surface area contributed by atoms with E-state index < -0.39 is 22.5 Å². The summed E-state index contributed by atoms with van der Waals surface area (Å²) in [5.74, 6) is 0. The van der Waals surface area contributed by atoms with Crippen LogP contribution in [0.1, 0.15) is 0 Å². The summed E-state index contributed by atoms with van der Waals surface area (Å²) in [5, 5.41) is 0. The van der Waals surface area contributed by atoms with E-state index in [2.05, 4.69) is 36.4 Å². The Morgan fingerprint density at radius 1 is 1.67 bits per heavy atom. The highest BCUT2D eigenvalue weighted by molar-refractivity contribution is 9.13. The minimum Gasteiger partial charge on any atom is -0.303 e.